The molecule has 0 aliphatic rings. The van der Waals surface area contributed by atoms with Crippen LogP contribution in [0.2, 0.25) is 0 Å². The number of hydrogen-bond acceptors (Lipinski definition) is 7. The summed E-state index contributed by atoms with van der Waals surface area (Å²) in [5.74, 6) is -0.267. The summed E-state index contributed by atoms with van der Waals surface area (Å²) in [5.41, 5.74) is 0.683. The first kappa shape index (κ1) is 18.2. The average Bonchev–Trinajstić information content (AvgIpc) is 3.00. The van der Waals surface area contributed by atoms with E-state index in [1.165, 1.54) is 23.1 Å². The molecule has 0 bridgehead atoms. The van der Waals surface area contributed by atoms with Crippen LogP contribution in [-0.2, 0) is 9.53 Å². The first-order chi connectivity index (χ1) is 11.6. The second kappa shape index (κ2) is 9.24. The number of carbonyl (C=O) groups is 2. The zero-order valence-electron chi connectivity index (χ0n) is 13.3. The largest absolute Gasteiger partial charge is 0.465 e. The van der Waals surface area contributed by atoms with Gasteiger partial charge >= 0.3 is 12.0 Å². The summed E-state index contributed by atoms with van der Waals surface area (Å²) in [5, 5.41) is 13.3. The van der Waals surface area contributed by atoms with Gasteiger partial charge in [-0.2, -0.15) is 0 Å². The first-order valence-electron chi connectivity index (χ1n) is 7.42. The van der Waals surface area contributed by atoms with Gasteiger partial charge in [-0.3, -0.25) is 10.1 Å². The van der Waals surface area contributed by atoms with Gasteiger partial charge in [0.05, 0.1) is 6.61 Å². The number of urea groups is 1. The maximum atomic E-state index is 11.9. The fraction of sp³-hybridized carbons (Fsp3) is 0.333. The molecule has 128 valence electrons. The van der Waals surface area contributed by atoms with Gasteiger partial charge in [0.1, 0.15) is 5.25 Å². The fourth-order valence-electron chi connectivity index (χ4n) is 1.74. The molecule has 2 aromatic rings. The van der Waals surface area contributed by atoms with Crippen molar-refractivity contribution < 1.29 is 14.3 Å². The molecule has 1 aromatic heterocycles. The Kier molecular flexibility index (Phi) is 7.01. The fourth-order valence-corrected chi connectivity index (χ4v) is 3.66. The van der Waals surface area contributed by atoms with Gasteiger partial charge in [0.15, 0.2) is 4.34 Å². The van der Waals surface area contributed by atoms with Crippen LogP contribution < -0.4 is 10.6 Å². The number of rotatable bonds is 7. The predicted octanol–water partition coefficient (Wildman–Crippen LogP) is 3.62. The summed E-state index contributed by atoms with van der Waals surface area (Å²) in [7, 11) is 0. The Morgan fingerprint density at radius 2 is 1.96 bits per heavy atom. The molecule has 9 heteroatoms. The third-order valence-corrected chi connectivity index (χ3v) is 5.09. The van der Waals surface area contributed by atoms with E-state index < -0.39 is 6.03 Å². The number of hydrogen-bond donors (Lipinski definition) is 2. The summed E-state index contributed by atoms with van der Waals surface area (Å²) in [6.45, 7) is 4.02. The van der Waals surface area contributed by atoms with Crippen LogP contribution in [0.1, 0.15) is 20.3 Å². The van der Waals surface area contributed by atoms with Crippen molar-refractivity contribution in [3.8, 4) is 0 Å². The summed E-state index contributed by atoms with van der Waals surface area (Å²) >= 11 is 2.50. The molecule has 1 atom stereocenters. The normalized spacial score (nSPS) is 11.6. The van der Waals surface area contributed by atoms with Crippen LogP contribution in [0, 0.1) is 0 Å². The smallest absolute Gasteiger partial charge is 0.325 e. The lowest BCUT2D eigenvalue weighted by atomic mass is 10.3. The zero-order valence-corrected chi connectivity index (χ0v) is 14.9. The minimum atomic E-state index is -0.397. The topological polar surface area (TPSA) is 93.2 Å². The second-order valence-corrected chi connectivity index (χ2v) is 7.01. The molecule has 24 heavy (non-hydrogen) atoms. The Bertz CT molecular complexity index is 678. The van der Waals surface area contributed by atoms with Gasteiger partial charge in [-0.25, -0.2) is 4.79 Å². The summed E-state index contributed by atoms with van der Waals surface area (Å²) in [6, 6.07) is 8.69. The number of ether oxygens (including phenoxy) is 1. The standard InChI is InChI=1S/C15H18N4O3S2/c1-3-11(12(20)22-4-2)23-15-19-18-14(24-15)17-13(21)16-10-8-6-5-7-9-10/h5-9,11H,3-4H2,1-2H3,(H2,16,17,18,21)/t11-/m0/s1. The zero-order chi connectivity index (χ0) is 17.4. The van der Waals surface area contributed by atoms with Crippen molar-refractivity contribution in [2.75, 3.05) is 17.2 Å². The van der Waals surface area contributed by atoms with Gasteiger partial charge in [0.25, 0.3) is 0 Å². The summed E-state index contributed by atoms with van der Waals surface area (Å²) in [6.07, 6.45) is 0.625. The van der Waals surface area contributed by atoms with E-state index in [0.717, 1.165) is 0 Å². The van der Waals surface area contributed by atoms with Crippen LogP contribution in [0.5, 0.6) is 0 Å². The summed E-state index contributed by atoms with van der Waals surface area (Å²) < 4.78 is 5.62. The van der Waals surface area contributed by atoms with Gasteiger partial charge in [0.2, 0.25) is 5.13 Å². The predicted molar refractivity (Wildman–Crippen MR) is 95.6 cm³/mol. The second-order valence-electron chi connectivity index (χ2n) is 4.59. The van der Waals surface area contributed by atoms with E-state index in [9.17, 15) is 9.59 Å². The van der Waals surface area contributed by atoms with Crippen LogP contribution in [0.15, 0.2) is 34.7 Å². The lowest BCUT2D eigenvalue weighted by Gasteiger charge is -2.10. The van der Waals surface area contributed by atoms with Crippen LogP contribution in [0.4, 0.5) is 15.6 Å². The van der Waals surface area contributed by atoms with E-state index in [-0.39, 0.29) is 11.2 Å². The van der Waals surface area contributed by atoms with Crippen molar-refractivity contribution in [1.82, 2.24) is 10.2 Å². The minimum absolute atomic E-state index is 0.267. The molecule has 0 aliphatic heterocycles. The number of nitrogens with zero attached hydrogens (tertiary/aromatic N) is 2. The molecule has 7 nitrogen and oxygen atoms in total. The van der Waals surface area contributed by atoms with Crippen molar-refractivity contribution in [3.05, 3.63) is 30.3 Å². The molecular formula is C15H18N4O3S2. The number of aromatic nitrogens is 2. The number of carbonyl (C=O) groups excluding carboxylic acids is 2. The lowest BCUT2D eigenvalue weighted by molar-refractivity contribution is -0.142. The molecular weight excluding hydrogens is 348 g/mol. The highest BCUT2D eigenvalue weighted by atomic mass is 32.2. The van der Waals surface area contributed by atoms with Crippen molar-refractivity contribution in [1.29, 1.82) is 0 Å². The maximum absolute atomic E-state index is 11.9. The van der Waals surface area contributed by atoms with E-state index >= 15 is 0 Å². The van der Waals surface area contributed by atoms with Gasteiger partial charge in [-0.1, -0.05) is 48.2 Å². The molecule has 1 heterocycles. The number of thioether (sulfide) groups is 1. The quantitative estimate of drug-likeness (QED) is 0.442. The average molecular weight is 366 g/mol. The number of benzene rings is 1. The van der Waals surface area contributed by atoms with E-state index in [1.807, 2.05) is 25.1 Å². The molecule has 0 saturated heterocycles. The van der Waals surface area contributed by atoms with Crippen LogP contribution in [0.25, 0.3) is 0 Å². The molecule has 2 amide bonds. The maximum Gasteiger partial charge on any atom is 0.325 e. The number of amides is 2. The molecule has 0 aliphatic carbocycles. The van der Waals surface area contributed by atoms with E-state index in [4.69, 9.17) is 4.74 Å². The van der Waals surface area contributed by atoms with Crippen LogP contribution in [0.3, 0.4) is 0 Å². The number of nitrogens with one attached hydrogen (secondary N) is 2. The molecule has 0 spiro atoms. The Balaban J connectivity index is 1.90. The molecule has 0 fully saturated rings. The lowest BCUT2D eigenvalue weighted by Crippen LogP contribution is -2.19. The van der Waals surface area contributed by atoms with E-state index in [1.54, 1.807) is 19.1 Å². The third kappa shape index (κ3) is 5.50. The Labute approximate surface area is 148 Å². The third-order valence-electron chi connectivity index (χ3n) is 2.82. The van der Waals surface area contributed by atoms with Gasteiger partial charge in [0, 0.05) is 5.69 Å². The minimum Gasteiger partial charge on any atom is -0.465 e. The Hall–Kier alpha value is -2.13. The van der Waals surface area contributed by atoms with Crippen molar-refractivity contribution in [2.24, 2.45) is 0 Å². The van der Waals surface area contributed by atoms with Crippen molar-refractivity contribution >= 4 is 45.9 Å². The van der Waals surface area contributed by atoms with Crippen molar-refractivity contribution in [3.63, 3.8) is 0 Å². The van der Waals surface area contributed by atoms with Gasteiger partial charge in [-0.15, -0.1) is 10.2 Å². The SMILES string of the molecule is CCOC(=O)[C@H](CC)Sc1nnc(NC(=O)Nc2ccccc2)s1. The van der Waals surface area contributed by atoms with Gasteiger partial charge < -0.3 is 10.1 Å². The summed E-state index contributed by atoms with van der Waals surface area (Å²) in [4.78, 5) is 23.7. The van der Waals surface area contributed by atoms with Crippen molar-refractivity contribution in [2.45, 2.75) is 29.9 Å². The van der Waals surface area contributed by atoms with Gasteiger partial charge in [-0.05, 0) is 25.5 Å². The highest BCUT2D eigenvalue weighted by Gasteiger charge is 2.21. The molecule has 1 aromatic carbocycles. The number of esters is 1. The molecule has 0 unspecified atom stereocenters. The first-order valence-corrected chi connectivity index (χ1v) is 9.11. The Morgan fingerprint density at radius 1 is 1.21 bits per heavy atom. The number of para-hydroxylation sites is 1. The Morgan fingerprint density at radius 3 is 2.62 bits per heavy atom. The van der Waals surface area contributed by atoms with Crippen LogP contribution >= 0.6 is 23.1 Å². The van der Waals surface area contributed by atoms with Crippen LogP contribution in [-0.4, -0.2) is 34.1 Å². The molecule has 0 saturated carbocycles. The highest BCUT2D eigenvalue weighted by Crippen LogP contribution is 2.31. The van der Waals surface area contributed by atoms with E-state index in [0.29, 0.717) is 28.2 Å². The van der Waals surface area contributed by atoms with E-state index in [2.05, 4.69) is 20.8 Å². The molecule has 2 rings (SSSR count). The molecule has 2 N–H and O–H groups in total. The molecule has 0 radical (unpaired) electrons. The number of anilines is 2. The highest BCUT2D eigenvalue weighted by molar-refractivity contribution is 8.02. The monoisotopic (exact) mass is 366 g/mol.